The van der Waals surface area contributed by atoms with E-state index < -0.39 is 6.04 Å². The molecule has 1 fully saturated rings. The van der Waals surface area contributed by atoms with E-state index in [4.69, 9.17) is 4.74 Å². The first-order valence-electron chi connectivity index (χ1n) is 8.12. The smallest absolute Gasteiger partial charge is 0.267 e. The first kappa shape index (κ1) is 15.2. The molecule has 1 N–H and O–H groups in total. The summed E-state index contributed by atoms with van der Waals surface area (Å²) in [5, 5.41) is 7.34. The van der Waals surface area contributed by atoms with Gasteiger partial charge >= 0.3 is 0 Å². The SMILES string of the molecule is CC(C(=O)NCC1CCOCC1)n1nc2c(cc1=O)CCC2. The Hall–Kier alpha value is -1.69. The molecule has 3 rings (SSSR count). The van der Waals surface area contributed by atoms with Crippen LogP contribution >= 0.6 is 0 Å². The zero-order valence-corrected chi connectivity index (χ0v) is 13.0. The number of hydrogen-bond acceptors (Lipinski definition) is 4. The lowest BCUT2D eigenvalue weighted by molar-refractivity contribution is -0.124. The molecule has 1 aliphatic heterocycles. The maximum atomic E-state index is 12.3. The molecule has 6 heteroatoms. The maximum Gasteiger partial charge on any atom is 0.267 e. The monoisotopic (exact) mass is 305 g/mol. The first-order valence-corrected chi connectivity index (χ1v) is 8.12. The molecule has 0 saturated carbocycles. The van der Waals surface area contributed by atoms with Gasteiger partial charge in [0.15, 0.2) is 0 Å². The van der Waals surface area contributed by atoms with Crippen molar-refractivity contribution in [3.63, 3.8) is 0 Å². The van der Waals surface area contributed by atoms with Gasteiger partial charge in [-0.1, -0.05) is 0 Å². The molecule has 2 heterocycles. The van der Waals surface area contributed by atoms with E-state index in [0.29, 0.717) is 12.5 Å². The first-order chi connectivity index (χ1) is 10.6. The molecule has 6 nitrogen and oxygen atoms in total. The highest BCUT2D eigenvalue weighted by Crippen LogP contribution is 2.18. The Morgan fingerprint density at radius 2 is 2.23 bits per heavy atom. The number of ether oxygens (including phenoxy) is 1. The molecule has 22 heavy (non-hydrogen) atoms. The summed E-state index contributed by atoms with van der Waals surface area (Å²) in [6.45, 7) is 3.91. The summed E-state index contributed by atoms with van der Waals surface area (Å²) in [6.07, 6.45) is 4.81. The minimum atomic E-state index is -0.571. The van der Waals surface area contributed by atoms with Crippen molar-refractivity contribution in [3.05, 3.63) is 27.7 Å². The predicted molar refractivity (Wildman–Crippen MR) is 81.8 cm³/mol. The molecule has 1 saturated heterocycles. The van der Waals surface area contributed by atoms with E-state index in [-0.39, 0.29) is 11.5 Å². The number of aromatic nitrogens is 2. The van der Waals surface area contributed by atoms with Crippen LogP contribution in [0.5, 0.6) is 0 Å². The van der Waals surface area contributed by atoms with E-state index in [0.717, 1.165) is 56.6 Å². The fraction of sp³-hybridized carbons (Fsp3) is 0.688. The number of nitrogens with one attached hydrogen (secondary N) is 1. The Morgan fingerprint density at radius 1 is 1.45 bits per heavy atom. The summed E-state index contributed by atoms with van der Waals surface area (Å²) >= 11 is 0. The van der Waals surface area contributed by atoms with Crippen LogP contribution in [0.4, 0.5) is 0 Å². The summed E-state index contributed by atoms with van der Waals surface area (Å²) in [7, 11) is 0. The van der Waals surface area contributed by atoms with Gasteiger partial charge < -0.3 is 10.1 Å². The Bertz CT molecular complexity index is 605. The number of nitrogens with zero attached hydrogens (tertiary/aromatic N) is 2. The average molecular weight is 305 g/mol. The van der Waals surface area contributed by atoms with Gasteiger partial charge in [-0.3, -0.25) is 9.59 Å². The van der Waals surface area contributed by atoms with Crippen LogP contribution < -0.4 is 10.9 Å². The fourth-order valence-corrected chi connectivity index (χ4v) is 3.15. The van der Waals surface area contributed by atoms with Crippen LogP contribution in [0.2, 0.25) is 0 Å². The Balaban J connectivity index is 1.64. The van der Waals surface area contributed by atoms with Crippen LogP contribution in [-0.2, 0) is 22.4 Å². The standard InChI is InChI=1S/C16H23N3O3/c1-11(16(21)17-10-12-5-7-22-8-6-12)19-15(20)9-13-3-2-4-14(13)18-19/h9,11-12H,2-8,10H2,1H3,(H,17,21). The Morgan fingerprint density at radius 3 is 3.00 bits per heavy atom. The summed E-state index contributed by atoms with van der Waals surface area (Å²) in [6, 6.07) is 1.07. The normalized spacial score (nSPS) is 19.7. The summed E-state index contributed by atoms with van der Waals surface area (Å²) < 4.78 is 6.64. The van der Waals surface area contributed by atoms with Crippen LogP contribution in [0.3, 0.4) is 0 Å². The van der Waals surface area contributed by atoms with E-state index in [1.54, 1.807) is 13.0 Å². The van der Waals surface area contributed by atoms with E-state index >= 15 is 0 Å². The third-order valence-corrected chi connectivity index (χ3v) is 4.63. The molecular formula is C16H23N3O3. The number of carbonyl (C=O) groups excluding carboxylic acids is 1. The Labute approximate surface area is 129 Å². The van der Waals surface area contributed by atoms with Crippen LogP contribution in [0.25, 0.3) is 0 Å². The molecule has 1 unspecified atom stereocenters. The van der Waals surface area contributed by atoms with Gasteiger partial charge in [-0.25, -0.2) is 4.68 Å². The van der Waals surface area contributed by atoms with Gasteiger partial charge in [0, 0.05) is 25.8 Å². The topological polar surface area (TPSA) is 73.2 Å². The molecule has 2 aliphatic rings. The molecule has 0 bridgehead atoms. The van der Waals surface area contributed by atoms with Crippen LogP contribution in [0.1, 0.15) is 43.5 Å². The van der Waals surface area contributed by atoms with Gasteiger partial charge in [0.05, 0.1) is 5.69 Å². The molecule has 1 atom stereocenters. The van der Waals surface area contributed by atoms with Gasteiger partial charge in [0.2, 0.25) is 5.91 Å². The zero-order chi connectivity index (χ0) is 15.5. The van der Waals surface area contributed by atoms with Gasteiger partial charge in [-0.05, 0) is 50.5 Å². The van der Waals surface area contributed by atoms with Gasteiger partial charge in [0.25, 0.3) is 5.56 Å². The average Bonchev–Trinajstić information content (AvgIpc) is 2.99. The summed E-state index contributed by atoms with van der Waals surface area (Å²) in [4.78, 5) is 24.4. The number of carbonyl (C=O) groups is 1. The molecule has 120 valence electrons. The molecule has 0 aromatic carbocycles. The summed E-state index contributed by atoms with van der Waals surface area (Å²) in [5.41, 5.74) is 1.81. The number of rotatable bonds is 4. The second kappa shape index (κ2) is 6.60. The third kappa shape index (κ3) is 3.21. The number of aryl methyl sites for hydroxylation is 2. The lowest BCUT2D eigenvalue weighted by atomic mass is 10.0. The van der Waals surface area contributed by atoms with Gasteiger partial charge in [-0.15, -0.1) is 0 Å². The maximum absolute atomic E-state index is 12.3. The highest BCUT2D eigenvalue weighted by Gasteiger charge is 2.22. The fourth-order valence-electron chi connectivity index (χ4n) is 3.15. The van der Waals surface area contributed by atoms with Crippen molar-refractivity contribution >= 4 is 5.91 Å². The molecular weight excluding hydrogens is 282 g/mol. The van der Waals surface area contributed by atoms with Crippen molar-refractivity contribution in [3.8, 4) is 0 Å². The highest BCUT2D eigenvalue weighted by atomic mass is 16.5. The predicted octanol–water partition coefficient (Wildman–Crippen LogP) is 0.836. The van der Waals surface area contributed by atoms with Crippen LogP contribution in [-0.4, -0.2) is 35.4 Å². The van der Waals surface area contributed by atoms with Gasteiger partial charge in [0.1, 0.15) is 6.04 Å². The van der Waals surface area contributed by atoms with E-state index in [9.17, 15) is 9.59 Å². The van der Waals surface area contributed by atoms with Gasteiger partial charge in [-0.2, -0.15) is 5.10 Å². The van der Waals surface area contributed by atoms with E-state index in [1.807, 2.05) is 0 Å². The second-order valence-corrected chi connectivity index (χ2v) is 6.23. The molecule has 1 aromatic rings. The molecule has 1 aliphatic carbocycles. The third-order valence-electron chi connectivity index (χ3n) is 4.63. The zero-order valence-electron chi connectivity index (χ0n) is 13.0. The Kier molecular flexibility index (Phi) is 4.57. The van der Waals surface area contributed by atoms with Crippen LogP contribution in [0, 0.1) is 5.92 Å². The van der Waals surface area contributed by atoms with E-state index in [1.165, 1.54) is 4.68 Å². The molecule has 0 spiro atoms. The number of fused-ring (bicyclic) bond motifs is 1. The van der Waals surface area contributed by atoms with Crippen LogP contribution in [0.15, 0.2) is 10.9 Å². The number of hydrogen-bond donors (Lipinski definition) is 1. The van der Waals surface area contributed by atoms with Crippen molar-refractivity contribution in [1.82, 2.24) is 15.1 Å². The second-order valence-electron chi connectivity index (χ2n) is 6.23. The van der Waals surface area contributed by atoms with Crippen molar-refractivity contribution in [2.24, 2.45) is 5.92 Å². The van der Waals surface area contributed by atoms with Crippen molar-refractivity contribution in [2.75, 3.05) is 19.8 Å². The largest absolute Gasteiger partial charge is 0.381 e. The molecule has 0 radical (unpaired) electrons. The minimum Gasteiger partial charge on any atom is -0.381 e. The van der Waals surface area contributed by atoms with E-state index in [2.05, 4.69) is 10.4 Å². The molecule has 1 amide bonds. The van der Waals surface area contributed by atoms with Crippen molar-refractivity contribution < 1.29 is 9.53 Å². The lowest BCUT2D eigenvalue weighted by Gasteiger charge is -2.23. The van der Waals surface area contributed by atoms with Crippen molar-refractivity contribution in [2.45, 2.75) is 45.1 Å². The quantitative estimate of drug-likeness (QED) is 0.894. The highest BCUT2D eigenvalue weighted by molar-refractivity contribution is 5.79. The lowest BCUT2D eigenvalue weighted by Crippen LogP contribution is -2.40. The number of amides is 1. The summed E-state index contributed by atoms with van der Waals surface area (Å²) in [5.74, 6) is 0.327. The molecule has 1 aromatic heterocycles. The van der Waals surface area contributed by atoms with Crippen molar-refractivity contribution in [1.29, 1.82) is 0 Å². The minimum absolute atomic E-state index is 0.140.